The highest BCUT2D eigenvalue weighted by atomic mass is 19.1. The van der Waals surface area contributed by atoms with Gasteiger partial charge in [0, 0.05) is 23.3 Å². The first kappa shape index (κ1) is 25.5. The molecule has 0 spiro atoms. The Labute approximate surface area is 198 Å². The van der Waals surface area contributed by atoms with Gasteiger partial charge in [-0.25, -0.2) is 22.8 Å². The fourth-order valence-electron chi connectivity index (χ4n) is 3.36. The molecule has 0 aliphatic rings. The first-order valence-corrected chi connectivity index (χ1v) is 10.6. The van der Waals surface area contributed by atoms with E-state index in [1.807, 2.05) is 0 Å². The molecule has 0 radical (unpaired) electrons. The third-order valence-electron chi connectivity index (χ3n) is 4.79. The fourth-order valence-corrected chi connectivity index (χ4v) is 3.36. The summed E-state index contributed by atoms with van der Waals surface area (Å²) in [6.07, 6.45) is 2.83. The highest BCUT2D eigenvalue weighted by molar-refractivity contribution is 6.19. The average molecular weight is 492 g/mol. The lowest BCUT2D eigenvalue weighted by molar-refractivity contribution is -0.136. The minimum Gasteiger partial charge on any atom is -0.462 e. The number of aromatic nitrogens is 1. The summed E-state index contributed by atoms with van der Waals surface area (Å²) >= 11 is 0. The molecule has 3 rings (SSSR count). The summed E-state index contributed by atoms with van der Waals surface area (Å²) in [4.78, 5) is 28.5. The van der Waals surface area contributed by atoms with Crippen LogP contribution < -0.4 is 14.8 Å². The zero-order valence-electron chi connectivity index (χ0n) is 19.0. The van der Waals surface area contributed by atoms with Gasteiger partial charge in [-0.05, 0) is 44.2 Å². The molecule has 0 bridgehead atoms. The number of hydrogen-bond acceptors (Lipinski definition) is 7. The normalized spacial score (nSPS) is 11.3. The van der Waals surface area contributed by atoms with Gasteiger partial charge < -0.3 is 29.2 Å². The van der Waals surface area contributed by atoms with Crippen molar-refractivity contribution in [1.29, 1.82) is 0 Å². The summed E-state index contributed by atoms with van der Waals surface area (Å²) in [7, 11) is 0. The van der Waals surface area contributed by atoms with Crippen LogP contribution in [0.25, 0.3) is 16.5 Å². The van der Waals surface area contributed by atoms with Gasteiger partial charge in [0.05, 0.1) is 35.6 Å². The zero-order chi connectivity index (χ0) is 25.4. The smallest absolute Gasteiger partial charge is 0.340 e. The number of nitrogens with one attached hydrogen (secondary N) is 2. The third-order valence-corrected chi connectivity index (χ3v) is 4.79. The van der Waals surface area contributed by atoms with Gasteiger partial charge in [-0.2, -0.15) is 0 Å². The molecule has 0 aliphatic heterocycles. The van der Waals surface area contributed by atoms with Gasteiger partial charge in [0.1, 0.15) is 5.82 Å². The van der Waals surface area contributed by atoms with Crippen molar-refractivity contribution < 1.29 is 41.7 Å². The van der Waals surface area contributed by atoms with Crippen molar-refractivity contribution >= 4 is 34.1 Å². The van der Waals surface area contributed by atoms with Crippen LogP contribution in [0.4, 0.5) is 18.9 Å². The molecule has 0 unspecified atom stereocenters. The predicted octanol–water partition coefficient (Wildman–Crippen LogP) is 5.11. The Morgan fingerprint density at radius 3 is 2.26 bits per heavy atom. The van der Waals surface area contributed by atoms with E-state index in [1.165, 1.54) is 18.3 Å². The number of anilines is 1. The number of alkyl halides is 2. The number of fused-ring (bicyclic) bond motifs is 1. The lowest BCUT2D eigenvalue weighted by Crippen LogP contribution is -2.15. The molecular weight excluding hydrogens is 469 g/mol. The number of rotatable bonds is 11. The highest BCUT2D eigenvalue weighted by Crippen LogP contribution is 2.36. The molecule has 1 heterocycles. The summed E-state index contributed by atoms with van der Waals surface area (Å²) in [6.45, 7) is 0.605. The molecule has 186 valence electrons. The molecule has 3 aromatic rings. The van der Waals surface area contributed by atoms with Crippen molar-refractivity contribution in [1.82, 2.24) is 4.98 Å². The van der Waals surface area contributed by atoms with Gasteiger partial charge >= 0.3 is 11.9 Å². The molecule has 0 atom stereocenters. The van der Waals surface area contributed by atoms with Crippen LogP contribution in [0.1, 0.15) is 29.8 Å². The topological polar surface area (TPSA) is 98.9 Å². The average Bonchev–Trinajstić information content (AvgIpc) is 3.29. The Balaban J connectivity index is 2.19. The Kier molecular flexibility index (Phi) is 8.60. The number of aromatic amines is 1. The molecular formula is C24H23F3N2O6. The van der Waals surface area contributed by atoms with Crippen LogP contribution in [0.3, 0.4) is 0 Å². The minimum absolute atomic E-state index is 0.00379. The van der Waals surface area contributed by atoms with Gasteiger partial charge in [-0.3, -0.25) is 0 Å². The lowest BCUT2D eigenvalue weighted by Gasteiger charge is -2.17. The van der Waals surface area contributed by atoms with Gasteiger partial charge in [-0.15, -0.1) is 0 Å². The molecule has 0 aliphatic carbocycles. The highest BCUT2D eigenvalue weighted by Gasteiger charge is 2.25. The standard InChI is InChI=1S/C24H23F3N2O6/c1-3-32-23(30)17-10-22(35-13-26)21(34-12-25)9-16(17)18(24(31)33-4-2)11-29-20-8-14(27)7-19-15(20)5-6-28-19/h5-11,28-29H,3-4,12-13H2,1-2H3. The number of hydrogen-bond donors (Lipinski definition) is 2. The minimum atomic E-state index is -1.29. The second kappa shape index (κ2) is 11.8. The summed E-state index contributed by atoms with van der Waals surface area (Å²) < 4.78 is 59.9. The monoisotopic (exact) mass is 492 g/mol. The molecule has 0 fully saturated rings. The van der Waals surface area contributed by atoms with Crippen molar-refractivity contribution in [2.24, 2.45) is 0 Å². The van der Waals surface area contributed by atoms with Crippen LogP contribution in [0.5, 0.6) is 11.5 Å². The van der Waals surface area contributed by atoms with E-state index in [1.54, 1.807) is 26.1 Å². The molecule has 0 amide bonds. The van der Waals surface area contributed by atoms with Gasteiger partial charge in [-0.1, -0.05) is 0 Å². The van der Waals surface area contributed by atoms with E-state index in [9.17, 15) is 22.8 Å². The van der Waals surface area contributed by atoms with Gasteiger partial charge in [0.25, 0.3) is 0 Å². The Morgan fingerprint density at radius 1 is 0.971 bits per heavy atom. The Morgan fingerprint density at radius 2 is 1.63 bits per heavy atom. The lowest BCUT2D eigenvalue weighted by atomic mass is 9.99. The van der Waals surface area contributed by atoms with Gasteiger partial charge in [0.2, 0.25) is 13.7 Å². The maximum atomic E-state index is 14.1. The van der Waals surface area contributed by atoms with Crippen molar-refractivity contribution in [3.05, 3.63) is 59.7 Å². The number of halogens is 3. The Bertz CT molecular complexity index is 1240. The second-order valence-electron chi connectivity index (χ2n) is 6.89. The van der Waals surface area contributed by atoms with Crippen molar-refractivity contribution in [3.8, 4) is 11.5 Å². The second-order valence-corrected chi connectivity index (χ2v) is 6.89. The van der Waals surface area contributed by atoms with Crippen molar-refractivity contribution in [3.63, 3.8) is 0 Å². The summed E-state index contributed by atoms with van der Waals surface area (Å²) in [5.41, 5.74) is 0.397. The van der Waals surface area contributed by atoms with Crippen LogP contribution >= 0.6 is 0 Å². The van der Waals surface area contributed by atoms with E-state index in [-0.39, 0.29) is 41.4 Å². The van der Waals surface area contributed by atoms with Crippen molar-refractivity contribution in [2.75, 3.05) is 32.3 Å². The molecule has 11 heteroatoms. The number of ether oxygens (including phenoxy) is 4. The van der Waals surface area contributed by atoms with Crippen LogP contribution in [-0.4, -0.2) is 43.9 Å². The van der Waals surface area contributed by atoms with E-state index in [2.05, 4.69) is 10.3 Å². The van der Waals surface area contributed by atoms with E-state index >= 15 is 0 Å². The van der Waals surface area contributed by atoms with Crippen LogP contribution in [0.15, 0.2) is 42.7 Å². The van der Waals surface area contributed by atoms with E-state index < -0.39 is 31.5 Å². The van der Waals surface area contributed by atoms with E-state index in [0.29, 0.717) is 16.6 Å². The fraction of sp³-hybridized carbons (Fsp3) is 0.250. The number of carbonyl (C=O) groups is 2. The molecule has 2 aromatic carbocycles. The maximum absolute atomic E-state index is 14.1. The van der Waals surface area contributed by atoms with Crippen LogP contribution in [-0.2, 0) is 14.3 Å². The molecule has 1 aromatic heterocycles. The number of carbonyl (C=O) groups excluding carboxylic acids is 2. The largest absolute Gasteiger partial charge is 0.462 e. The van der Waals surface area contributed by atoms with Crippen LogP contribution in [0.2, 0.25) is 0 Å². The summed E-state index contributed by atoms with van der Waals surface area (Å²) in [6, 6.07) is 6.45. The molecule has 0 saturated heterocycles. The number of H-pyrrole nitrogens is 1. The molecule has 2 N–H and O–H groups in total. The maximum Gasteiger partial charge on any atom is 0.340 e. The van der Waals surface area contributed by atoms with E-state index in [4.69, 9.17) is 18.9 Å². The number of benzene rings is 2. The zero-order valence-corrected chi connectivity index (χ0v) is 19.0. The van der Waals surface area contributed by atoms with E-state index in [0.717, 1.165) is 12.1 Å². The molecule has 35 heavy (non-hydrogen) atoms. The SMILES string of the molecule is CCOC(=O)C(=CNc1cc(F)cc2[nH]ccc12)c1cc(OCF)c(OCF)cc1C(=O)OCC. The van der Waals surface area contributed by atoms with Gasteiger partial charge in [0.15, 0.2) is 11.5 Å². The Hall–Kier alpha value is -4.15. The predicted molar refractivity (Wildman–Crippen MR) is 122 cm³/mol. The third kappa shape index (κ3) is 5.86. The first-order chi connectivity index (χ1) is 16.9. The number of esters is 2. The molecule has 8 nitrogen and oxygen atoms in total. The molecule has 0 saturated carbocycles. The van der Waals surface area contributed by atoms with Crippen LogP contribution in [0, 0.1) is 5.82 Å². The first-order valence-electron chi connectivity index (χ1n) is 10.6. The van der Waals surface area contributed by atoms with Crippen molar-refractivity contribution in [2.45, 2.75) is 13.8 Å². The summed E-state index contributed by atoms with van der Waals surface area (Å²) in [5, 5.41) is 3.49. The summed E-state index contributed by atoms with van der Waals surface area (Å²) in [5.74, 6) is -2.77. The quantitative estimate of drug-likeness (QED) is 0.283.